The third-order valence-corrected chi connectivity index (χ3v) is 4.10. The van der Waals surface area contributed by atoms with Gasteiger partial charge in [-0.05, 0) is 30.3 Å². The van der Waals surface area contributed by atoms with E-state index in [4.69, 9.17) is 5.14 Å². The fourth-order valence-corrected chi connectivity index (χ4v) is 2.58. The van der Waals surface area contributed by atoms with Gasteiger partial charge in [0.25, 0.3) is 0 Å². The summed E-state index contributed by atoms with van der Waals surface area (Å²) in [5.41, 5.74) is 0.570. The Morgan fingerprint density at radius 2 is 1.78 bits per heavy atom. The van der Waals surface area contributed by atoms with Crippen molar-refractivity contribution < 1.29 is 17.9 Å². The number of aromatic amines is 1. The van der Waals surface area contributed by atoms with Gasteiger partial charge in [-0.15, -0.1) is 5.11 Å². The molecule has 0 fully saturated rings. The van der Waals surface area contributed by atoms with Crippen LogP contribution in [0.4, 0.5) is 15.8 Å². The highest BCUT2D eigenvalue weighted by Gasteiger charge is 2.13. The number of hydrogen-bond donors (Lipinski definition) is 3. The fourth-order valence-electron chi connectivity index (χ4n) is 2.07. The predicted octanol–water partition coefficient (Wildman–Crippen LogP) is 3.08. The molecule has 0 aliphatic carbocycles. The van der Waals surface area contributed by atoms with E-state index in [2.05, 4.69) is 15.2 Å². The quantitative estimate of drug-likeness (QED) is 0.638. The number of nitrogens with two attached hydrogens (primary N) is 1. The summed E-state index contributed by atoms with van der Waals surface area (Å²) in [6.45, 7) is 0. The summed E-state index contributed by atoms with van der Waals surface area (Å²) in [6.07, 6.45) is 0. The van der Waals surface area contributed by atoms with E-state index in [-0.39, 0.29) is 22.0 Å². The average Bonchev–Trinajstić information content (AvgIpc) is 2.82. The molecule has 0 aliphatic rings. The molecule has 0 bridgehead atoms. The van der Waals surface area contributed by atoms with Gasteiger partial charge >= 0.3 is 0 Å². The molecule has 23 heavy (non-hydrogen) atoms. The van der Waals surface area contributed by atoms with Crippen molar-refractivity contribution in [3.05, 3.63) is 48.3 Å². The Morgan fingerprint density at radius 3 is 2.43 bits per heavy atom. The van der Waals surface area contributed by atoms with Gasteiger partial charge < -0.3 is 10.1 Å². The first-order valence-corrected chi connectivity index (χ1v) is 7.94. The van der Waals surface area contributed by atoms with Crippen LogP contribution in [0.15, 0.2) is 57.6 Å². The molecule has 9 heteroatoms. The van der Waals surface area contributed by atoms with E-state index in [1.54, 1.807) is 6.07 Å². The largest absolute Gasteiger partial charge is 0.493 e. The number of azo groups is 1. The van der Waals surface area contributed by atoms with Crippen LogP contribution in [0, 0.1) is 5.82 Å². The minimum Gasteiger partial charge on any atom is -0.493 e. The molecule has 2 aromatic carbocycles. The molecule has 0 saturated heterocycles. The Labute approximate surface area is 130 Å². The van der Waals surface area contributed by atoms with Crippen molar-refractivity contribution in [3.8, 4) is 5.88 Å². The number of rotatable bonds is 3. The van der Waals surface area contributed by atoms with Crippen LogP contribution in [0.1, 0.15) is 0 Å². The number of para-hydroxylation sites is 1. The normalized spacial score (nSPS) is 12.3. The minimum absolute atomic E-state index is 0.0477. The van der Waals surface area contributed by atoms with Crippen LogP contribution in [0.2, 0.25) is 0 Å². The van der Waals surface area contributed by atoms with Crippen molar-refractivity contribution in [3.63, 3.8) is 0 Å². The molecule has 0 radical (unpaired) electrons. The Balaban J connectivity index is 1.97. The third-order valence-electron chi connectivity index (χ3n) is 3.17. The first-order valence-electron chi connectivity index (χ1n) is 6.40. The van der Waals surface area contributed by atoms with E-state index >= 15 is 0 Å². The topological polar surface area (TPSA) is 121 Å². The van der Waals surface area contributed by atoms with Gasteiger partial charge in [0.05, 0.1) is 16.1 Å². The lowest BCUT2D eigenvalue weighted by atomic mass is 10.2. The van der Waals surface area contributed by atoms with E-state index < -0.39 is 15.8 Å². The smallest absolute Gasteiger partial charge is 0.238 e. The maximum absolute atomic E-state index is 13.6. The van der Waals surface area contributed by atoms with Crippen LogP contribution in [-0.4, -0.2) is 18.5 Å². The molecular weight excluding hydrogens is 323 g/mol. The van der Waals surface area contributed by atoms with Gasteiger partial charge in [0.15, 0.2) is 5.69 Å². The summed E-state index contributed by atoms with van der Waals surface area (Å²) >= 11 is 0. The van der Waals surface area contributed by atoms with Crippen molar-refractivity contribution in [2.75, 3.05) is 0 Å². The average molecular weight is 334 g/mol. The second-order valence-corrected chi connectivity index (χ2v) is 6.28. The number of H-pyrrole nitrogens is 1. The molecule has 3 aromatic rings. The Hall–Kier alpha value is -2.78. The van der Waals surface area contributed by atoms with E-state index in [1.807, 2.05) is 0 Å². The molecule has 0 atom stereocenters. The van der Waals surface area contributed by atoms with Gasteiger partial charge in [-0.2, -0.15) is 5.11 Å². The molecular formula is C14H11FN4O3S. The van der Waals surface area contributed by atoms with Crippen LogP contribution in [0.5, 0.6) is 5.88 Å². The number of fused-ring (bicyclic) bond motifs is 1. The first-order chi connectivity index (χ1) is 10.9. The molecule has 0 amide bonds. The lowest BCUT2D eigenvalue weighted by Crippen LogP contribution is -2.11. The number of aromatic nitrogens is 1. The number of nitrogens with one attached hydrogen (secondary N) is 1. The molecule has 1 heterocycles. The zero-order valence-electron chi connectivity index (χ0n) is 11.6. The van der Waals surface area contributed by atoms with E-state index in [0.29, 0.717) is 11.1 Å². The number of sulfonamides is 1. The number of hydrogen-bond acceptors (Lipinski definition) is 5. The summed E-state index contributed by atoms with van der Waals surface area (Å²) in [4.78, 5) is 2.44. The van der Waals surface area contributed by atoms with Crippen molar-refractivity contribution in [2.24, 2.45) is 15.4 Å². The lowest BCUT2D eigenvalue weighted by Gasteiger charge is -1.97. The number of nitrogens with zero attached hydrogens (tertiary/aromatic N) is 2. The highest BCUT2D eigenvalue weighted by molar-refractivity contribution is 7.89. The van der Waals surface area contributed by atoms with Crippen LogP contribution >= 0.6 is 0 Å². The SMILES string of the molecule is NS(=O)(=O)c1ccc(N=Nc2c(O)[nH]c3c(F)cccc23)cc1. The van der Waals surface area contributed by atoms with Gasteiger partial charge in [0, 0.05) is 5.39 Å². The Kier molecular flexibility index (Phi) is 3.58. The highest BCUT2D eigenvalue weighted by atomic mass is 32.2. The zero-order valence-corrected chi connectivity index (χ0v) is 12.4. The van der Waals surface area contributed by atoms with Crippen molar-refractivity contribution in [1.29, 1.82) is 0 Å². The van der Waals surface area contributed by atoms with Gasteiger partial charge in [0.2, 0.25) is 15.9 Å². The first kappa shape index (κ1) is 15.1. The molecule has 4 N–H and O–H groups in total. The number of aromatic hydroxyl groups is 1. The van der Waals surface area contributed by atoms with Gasteiger partial charge in [0.1, 0.15) is 5.82 Å². The summed E-state index contributed by atoms with van der Waals surface area (Å²) in [5, 5.41) is 23.0. The lowest BCUT2D eigenvalue weighted by molar-refractivity contribution is 0.459. The molecule has 7 nitrogen and oxygen atoms in total. The van der Waals surface area contributed by atoms with Crippen molar-refractivity contribution in [1.82, 2.24) is 4.98 Å². The maximum Gasteiger partial charge on any atom is 0.238 e. The second-order valence-electron chi connectivity index (χ2n) is 4.72. The standard InChI is InChI=1S/C14H11FN4O3S/c15-11-3-1-2-10-12(11)17-14(20)13(10)19-18-8-4-6-9(7-5-8)23(16,21)22/h1-7,17,20H,(H2,16,21,22). The molecule has 3 rings (SSSR count). The Morgan fingerprint density at radius 1 is 1.09 bits per heavy atom. The second kappa shape index (κ2) is 5.45. The molecule has 0 spiro atoms. The summed E-state index contributed by atoms with van der Waals surface area (Å²) < 4.78 is 35.9. The molecule has 0 saturated carbocycles. The van der Waals surface area contributed by atoms with E-state index in [9.17, 15) is 17.9 Å². The highest BCUT2D eigenvalue weighted by Crippen LogP contribution is 2.37. The van der Waals surface area contributed by atoms with Gasteiger partial charge in [-0.25, -0.2) is 17.9 Å². The van der Waals surface area contributed by atoms with Gasteiger partial charge in [-0.3, -0.25) is 0 Å². The number of halogens is 1. The minimum atomic E-state index is -3.78. The summed E-state index contributed by atoms with van der Waals surface area (Å²) in [6, 6.07) is 9.74. The molecule has 118 valence electrons. The monoisotopic (exact) mass is 334 g/mol. The zero-order chi connectivity index (χ0) is 16.6. The summed E-state index contributed by atoms with van der Waals surface area (Å²) in [5.74, 6) is -0.827. The number of benzene rings is 2. The summed E-state index contributed by atoms with van der Waals surface area (Å²) in [7, 11) is -3.78. The van der Waals surface area contributed by atoms with Crippen LogP contribution < -0.4 is 5.14 Å². The van der Waals surface area contributed by atoms with E-state index in [0.717, 1.165) is 0 Å². The van der Waals surface area contributed by atoms with Crippen LogP contribution in [-0.2, 0) is 10.0 Å². The Bertz CT molecular complexity index is 1010. The molecule has 0 aliphatic heterocycles. The van der Waals surface area contributed by atoms with Gasteiger partial charge in [-0.1, -0.05) is 12.1 Å². The molecule has 1 aromatic heterocycles. The van der Waals surface area contributed by atoms with Crippen LogP contribution in [0.25, 0.3) is 10.9 Å². The third kappa shape index (κ3) is 2.91. The fraction of sp³-hybridized carbons (Fsp3) is 0. The maximum atomic E-state index is 13.6. The number of primary sulfonamides is 1. The van der Waals surface area contributed by atoms with Crippen LogP contribution in [0.3, 0.4) is 0 Å². The predicted molar refractivity (Wildman–Crippen MR) is 81.9 cm³/mol. The molecule has 0 unspecified atom stereocenters. The van der Waals surface area contributed by atoms with Crippen molar-refractivity contribution in [2.45, 2.75) is 4.90 Å². The van der Waals surface area contributed by atoms with E-state index in [1.165, 1.54) is 36.4 Å². The van der Waals surface area contributed by atoms with Crippen molar-refractivity contribution >= 4 is 32.3 Å².